The lowest BCUT2D eigenvalue weighted by molar-refractivity contribution is 0.848. The molecule has 2 aromatic heterocycles. The van der Waals surface area contributed by atoms with Crippen molar-refractivity contribution in [3.63, 3.8) is 0 Å². The Kier molecular flexibility index (Phi) is 3.69. The van der Waals surface area contributed by atoms with E-state index in [1.807, 2.05) is 53.6 Å². The zero-order chi connectivity index (χ0) is 14.7. The molecular formula is C17H18N4. The fourth-order valence-electron chi connectivity index (χ4n) is 2.29. The van der Waals surface area contributed by atoms with E-state index >= 15 is 0 Å². The van der Waals surface area contributed by atoms with Crippen LogP contribution in [0.4, 0.5) is 5.69 Å². The molecule has 2 N–H and O–H groups in total. The predicted molar refractivity (Wildman–Crippen MR) is 85.2 cm³/mol. The maximum atomic E-state index is 5.72. The minimum Gasteiger partial charge on any atom is -0.399 e. The van der Waals surface area contributed by atoms with E-state index in [4.69, 9.17) is 5.73 Å². The number of anilines is 1. The molecule has 0 saturated heterocycles. The molecule has 3 rings (SSSR count). The van der Waals surface area contributed by atoms with Crippen LogP contribution in [0.5, 0.6) is 0 Å². The number of nitrogens with two attached hydrogens (primary N) is 1. The molecule has 0 aliphatic heterocycles. The smallest absolute Gasteiger partial charge is 0.0679 e. The Morgan fingerprint density at radius 1 is 1.10 bits per heavy atom. The van der Waals surface area contributed by atoms with Crippen molar-refractivity contribution in [1.29, 1.82) is 0 Å². The summed E-state index contributed by atoms with van der Waals surface area (Å²) in [6.45, 7) is 2.15. The number of pyridine rings is 1. The van der Waals surface area contributed by atoms with E-state index in [2.05, 4.69) is 23.1 Å². The second kappa shape index (κ2) is 5.79. The summed E-state index contributed by atoms with van der Waals surface area (Å²) in [4.78, 5) is 4.37. The molecule has 0 bridgehead atoms. The maximum Gasteiger partial charge on any atom is 0.0679 e. The summed E-state index contributed by atoms with van der Waals surface area (Å²) >= 11 is 0. The Hall–Kier alpha value is -2.62. The van der Waals surface area contributed by atoms with Crippen LogP contribution in [0.3, 0.4) is 0 Å². The highest BCUT2D eigenvalue weighted by atomic mass is 15.3. The van der Waals surface area contributed by atoms with Crippen LogP contribution >= 0.6 is 0 Å². The Balaban J connectivity index is 1.91. The van der Waals surface area contributed by atoms with Crippen molar-refractivity contribution in [2.24, 2.45) is 0 Å². The molecule has 0 aliphatic carbocycles. The normalized spacial score (nSPS) is 10.7. The monoisotopic (exact) mass is 278 g/mol. The van der Waals surface area contributed by atoms with Gasteiger partial charge in [-0.3, -0.25) is 4.98 Å². The Labute approximate surface area is 124 Å². The van der Waals surface area contributed by atoms with E-state index in [9.17, 15) is 0 Å². The topological polar surface area (TPSA) is 56.7 Å². The predicted octanol–water partition coefficient (Wildman–Crippen LogP) is 3.47. The highest BCUT2D eigenvalue weighted by molar-refractivity contribution is 5.64. The third-order valence-corrected chi connectivity index (χ3v) is 3.40. The van der Waals surface area contributed by atoms with Crippen LogP contribution in [0.1, 0.15) is 19.0 Å². The van der Waals surface area contributed by atoms with Crippen LogP contribution in [-0.4, -0.2) is 14.8 Å². The van der Waals surface area contributed by atoms with Gasteiger partial charge in [-0.15, -0.1) is 0 Å². The fraction of sp³-hybridized carbons (Fsp3) is 0.176. The summed E-state index contributed by atoms with van der Waals surface area (Å²) in [5, 5.41) is 4.44. The number of aryl methyl sites for hydroxylation is 1. The van der Waals surface area contributed by atoms with Gasteiger partial charge in [0, 0.05) is 29.3 Å². The number of rotatable bonds is 4. The van der Waals surface area contributed by atoms with Crippen molar-refractivity contribution >= 4 is 5.69 Å². The van der Waals surface area contributed by atoms with Crippen molar-refractivity contribution in [2.75, 3.05) is 5.73 Å². The van der Waals surface area contributed by atoms with Gasteiger partial charge in [-0.1, -0.05) is 25.5 Å². The van der Waals surface area contributed by atoms with E-state index < -0.39 is 0 Å². The number of nitrogens with zero attached hydrogens (tertiary/aromatic N) is 3. The van der Waals surface area contributed by atoms with Crippen LogP contribution in [0.15, 0.2) is 55.0 Å². The summed E-state index contributed by atoms with van der Waals surface area (Å²) in [5.74, 6) is 0. The number of hydrogen-bond acceptors (Lipinski definition) is 3. The zero-order valence-corrected chi connectivity index (χ0v) is 12.0. The van der Waals surface area contributed by atoms with E-state index in [1.165, 1.54) is 0 Å². The molecule has 4 heteroatoms. The molecule has 1 aromatic carbocycles. The highest BCUT2D eigenvalue weighted by Crippen LogP contribution is 2.21. The van der Waals surface area contributed by atoms with Gasteiger partial charge in [-0.2, -0.15) is 5.10 Å². The first-order valence-corrected chi connectivity index (χ1v) is 7.12. The minimum atomic E-state index is 0.768. The first kappa shape index (κ1) is 13.4. The molecule has 0 saturated carbocycles. The van der Waals surface area contributed by atoms with Gasteiger partial charge in [0.05, 0.1) is 11.9 Å². The summed E-state index contributed by atoms with van der Waals surface area (Å²) in [5.41, 5.74) is 10.8. The lowest BCUT2D eigenvalue weighted by Gasteiger charge is -2.03. The average Bonchev–Trinajstić information content (AvgIpc) is 2.98. The lowest BCUT2D eigenvalue weighted by Crippen LogP contribution is -1.97. The number of hydrogen-bond donors (Lipinski definition) is 1. The number of benzene rings is 1. The molecule has 0 aliphatic rings. The van der Waals surface area contributed by atoms with Crippen molar-refractivity contribution < 1.29 is 0 Å². The Morgan fingerprint density at radius 2 is 1.90 bits per heavy atom. The number of nitrogen functional groups attached to an aromatic ring is 1. The highest BCUT2D eigenvalue weighted by Gasteiger charge is 2.04. The summed E-state index contributed by atoms with van der Waals surface area (Å²) in [6.07, 6.45) is 7.80. The average molecular weight is 278 g/mol. The molecule has 0 unspecified atom stereocenters. The van der Waals surface area contributed by atoms with Crippen molar-refractivity contribution in [1.82, 2.24) is 14.8 Å². The Bertz CT molecular complexity index is 729. The molecular weight excluding hydrogens is 260 g/mol. The lowest BCUT2D eigenvalue weighted by atomic mass is 10.1. The van der Waals surface area contributed by atoms with Crippen LogP contribution in [0.25, 0.3) is 16.8 Å². The van der Waals surface area contributed by atoms with Gasteiger partial charge in [0.1, 0.15) is 0 Å². The standard InChI is InChI=1S/C17H18N4/c1-2-3-16-10-17(8-9-19-16)21-12-14(11-20-21)13-4-6-15(18)7-5-13/h4-12H,2-3,18H2,1H3. The SMILES string of the molecule is CCCc1cc(-n2cc(-c3ccc(N)cc3)cn2)ccn1. The number of aromatic nitrogens is 3. The third-order valence-electron chi connectivity index (χ3n) is 3.40. The maximum absolute atomic E-state index is 5.72. The second-order valence-corrected chi connectivity index (χ2v) is 5.05. The minimum absolute atomic E-state index is 0.768. The van der Waals surface area contributed by atoms with Crippen LogP contribution in [-0.2, 0) is 6.42 Å². The van der Waals surface area contributed by atoms with Gasteiger partial charge in [-0.05, 0) is 36.2 Å². The molecule has 21 heavy (non-hydrogen) atoms. The van der Waals surface area contributed by atoms with Crippen LogP contribution in [0.2, 0.25) is 0 Å². The summed E-state index contributed by atoms with van der Waals surface area (Å²) < 4.78 is 1.88. The molecule has 0 spiro atoms. The van der Waals surface area contributed by atoms with Gasteiger partial charge in [-0.25, -0.2) is 4.68 Å². The molecule has 2 heterocycles. The first-order chi connectivity index (χ1) is 10.3. The van der Waals surface area contributed by atoms with Crippen molar-refractivity contribution in [2.45, 2.75) is 19.8 Å². The van der Waals surface area contributed by atoms with E-state index in [1.54, 1.807) is 0 Å². The van der Waals surface area contributed by atoms with Crippen LogP contribution in [0, 0.1) is 0 Å². The van der Waals surface area contributed by atoms with Gasteiger partial charge in [0.2, 0.25) is 0 Å². The first-order valence-electron chi connectivity index (χ1n) is 7.12. The van der Waals surface area contributed by atoms with Gasteiger partial charge < -0.3 is 5.73 Å². The van der Waals surface area contributed by atoms with Gasteiger partial charge in [0.15, 0.2) is 0 Å². The molecule has 4 nitrogen and oxygen atoms in total. The molecule has 0 radical (unpaired) electrons. The fourth-order valence-corrected chi connectivity index (χ4v) is 2.29. The summed E-state index contributed by atoms with van der Waals surface area (Å²) in [6, 6.07) is 11.9. The molecule has 3 aromatic rings. The third kappa shape index (κ3) is 2.94. The Morgan fingerprint density at radius 3 is 2.67 bits per heavy atom. The van der Waals surface area contributed by atoms with E-state index in [0.717, 1.165) is 41.0 Å². The van der Waals surface area contributed by atoms with Gasteiger partial charge >= 0.3 is 0 Å². The second-order valence-electron chi connectivity index (χ2n) is 5.05. The molecule has 0 atom stereocenters. The van der Waals surface area contributed by atoms with Crippen LogP contribution < -0.4 is 5.73 Å². The quantitative estimate of drug-likeness (QED) is 0.743. The summed E-state index contributed by atoms with van der Waals surface area (Å²) in [7, 11) is 0. The van der Waals surface area contributed by atoms with E-state index in [-0.39, 0.29) is 0 Å². The molecule has 0 fully saturated rings. The van der Waals surface area contributed by atoms with Crippen molar-refractivity contribution in [3.05, 3.63) is 60.7 Å². The molecule has 0 amide bonds. The zero-order valence-electron chi connectivity index (χ0n) is 12.0. The van der Waals surface area contributed by atoms with Crippen molar-refractivity contribution in [3.8, 4) is 16.8 Å². The molecule has 106 valence electrons. The van der Waals surface area contributed by atoms with E-state index in [0.29, 0.717) is 0 Å². The van der Waals surface area contributed by atoms with Gasteiger partial charge in [0.25, 0.3) is 0 Å². The largest absolute Gasteiger partial charge is 0.399 e.